The number of ether oxygens (including phenoxy) is 1. The van der Waals surface area contributed by atoms with Crippen LogP contribution in [0, 0.1) is 0 Å². The largest absolute Gasteiger partial charge is 0.379 e. The zero-order valence-electron chi connectivity index (χ0n) is 17.8. The average Bonchev–Trinajstić information content (AvgIpc) is 3.41. The normalized spacial score (nSPS) is 17.6. The standard InChI is InChI=1S/C23H28N4O3S/c1-2-26(10-7-18-5-8-24-9-6-18)21-20(19-4-3-17-31-19)22(28)27(23(21)29)12-11-25-13-15-30-16-14-25/h3-6,8-9,17H,2,7,10-16H2,1H3. The highest BCUT2D eigenvalue weighted by Crippen LogP contribution is 2.34. The van der Waals surface area contributed by atoms with Gasteiger partial charge in [0.15, 0.2) is 0 Å². The number of aromatic nitrogens is 1. The molecule has 2 aliphatic rings. The van der Waals surface area contributed by atoms with Crippen LogP contribution in [0.3, 0.4) is 0 Å². The first-order chi connectivity index (χ1) is 15.2. The van der Waals surface area contributed by atoms with E-state index in [0.29, 0.717) is 50.7 Å². The van der Waals surface area contributed by atoms with Gasteiger partial charge >= 0.3 is 0 Å². The first-order valence-corrected chi connectivity index (χ1v) is 11.6. The number of likely N-dealkylation sites (N-methyl/N-ethyl adjacent to an activating group) is 1. The minimum atomic E-state index is -0.182. The number of amides is 2. The molecule has 0 spiro atoms. The lowest BCUT2D eigenvalue weighted by Crippen LogP contribution is -2.44. The van der Waals surface area contributed by atoms with Crippen molar-refractivity contribution in [3.05, 3.63) is 58.2 Å². The third-order valence-corrected chi connectivity index (χ3v) is 6.66. The van der Waals surface area contributed by atoms with Gasteiger partial charge < -0.3 is 9.64 Å². The van der Waals surface area contributed by atoms with E-state index in [4.69, 9.17) is 4.74 Å². The van der Waals surface area contributed by atoms with Gasteiger partial charge in [-0.2, -0.15) is 0 Å². The number of pyridine rings is 1. The molecular weight excluding hydrogens is 412 g/mol. The van der Waals surface area contributed by atoms with Crippen molar-refractivity contribution in [2.24, 2.45) is 0 Å². The molecule has 2 aromatic heterocycles. The van der Waals surface area contributed by atoms with Crippen LogP contribution in [0.25, 0.3) is 5.57 Å². The molecule has 1 fully saturated rings. The van der Waals surface area contributed by atoms with Crippen molar-refractivity contribution in [2.45, 2.75) is 13.3 Å². The van der Waals surface area contributed by atoms with Crippen LogP contribution in [-0.2, 0) is 20.7 Å². The molecule has 0 bridgehead atoms. The van der Waals surface area contributed by atoms with E-state index in [2.05, 4.69) is 9.88 Å². The molecule has 2 aliphatic heterocycles. The van der Waals surface area contributed by atoms with Crippen molar-refractivity contribution < 1.29 is 14.3 Å². The van der Waals surface area contributed by atoms with Crippen LogP contribution in [0.1, 0.15) is 17.4 Å². The van der Waals surface area contributed by atoms with E-state index in [-0.39, 0.29) is 11.8 Å². The number of rotatable bonds is 9. The number of nitrogens with zero attached hydrogens (tertiary/aromatic N) is 4. The molecule has 1 saturated heterocycles. The van der Waals surface area contributed by atoms with Crippen LogP contribution in [0.4, 0.5) is 0 Å². The first-order valence-electron chi connectivity index (χ1n) is 10.8. The minimum Gasteiger partial charge on any atom is -0.379 e. The van der Waals surface area contributed by atoms with Gasteiger partial charge in [0.1, 0.15) is 5.70 Å². The molecule has 2 amide bonds. The molecule has 0 saturated carbocycles. The fourth-order valence-electron chi connectivity index (χ4n) is 4.01. The van der Waals surface area contributed by atoms with E-state index >= 15 is 0 Å². The molecule has 31 heavy (non-hydrogen) atoms. The predicted octanol–water partition coefficient (Wildman–Crippen LogP) is 2.12. The van der Waals surface area contributed by atoms with Gasteiger partial charge in [-0.3, -0.25) is 24.4 Å². The van der Waals surface area contributed by atoms with Gasteiger partial charge in [-0.25, -0.2) is 0 Å². The van der Waals surface area contributed by atoms with Crippen molar-refractivity contribution >= 4 is 28.7 Å². The summed E-state index contributed by atoms with van der Waals surface area (Å²) in [5, 5.41) is 1.95. The molecule has 4 heterocycles. The number of hydrogen-bond acceptors (Lipinski definition) is 7. The maximum Gasteiger partial charge on any atom is 0.277 e. The number of thiophene rings is 1. The molecule has 4 rings (SSSR count). The Kier molecular flexibility index (Phi) is 7.11. The Labute approximate surface area is 186 Å². The van der Waals surface area contributed by atoms with Crippen molar-refractivity contribution in [3.8, 4) is 0 Å². The van der Waals surface area contributed by atoms with E-state index in [0.717, 1.165) is 30.0 Å². The van der Waals surface area contributed by atoms with Crippen LogP contribution < -0.4 is 0 Å². The quantitative estimate of drug-likeness (QED) is 0.557. The smallest absolute Gasteiger partial charge is 0.277 e. The monoisotopic (exact) mass is 440 g/mol. The SMILES string of the molecule is CCN(CCc1ccncc1)C1=C(c2cccs2)C(=O)N(CCN2CCOCC2)C1=O. The lowest BCUT2D eigenvalue weighted by molar-refractivity contribution is -0.137. The summed E-state index contributed by atoms with van der Waals surface area (Å²) in [7, 11) is 0. The van der Waals surface area contributed by atoms with Gasteiger partial charge in [0.2, 0.25) is 0 Å². The van der Waals surface area contributed by atoms with Crippen LogP contribution in [0.5, 0.6) is 0 Å². The van der Waals surface area contributed by atoms with Gasteiger partial charge in [0.05, 0.1) is 18.8 Å². The Balaban J connectivity index is 1.55. The topological polar surface area (TPSA) is 66.0 Å². The zero-order chi connectivity index (χ0) is 21.6. The van der Waals surface area contributed by atoms with Gasteiger partial charge in [0, 0.05) is 56.5 Å². The van der Waals surface area contributed by atoms with Crippen LogP contribution >= 0.6 is 11.3 Å². The van der Waals surface area contributed by atoms with E-state index in [1.807, 2.05) is 41.5 Å². The number of hydrogen-bond donors (Lipinski definition) is 0. The zero-order valence-corrected chi connectivity index (χ0v) is 18.6. The number of carbonyl (C=O) groups is 2. The van der Waals surface area contributed by atoms with E-state index in [9.17, 15) is 9.59 Å². The van der Waals surface area contributed by atoms with E-state index < -0.39 is 0 Å². The third-order valence-electron chi connectivity index (χ3n) is 5.77. The summed E-state index contributed by atoms with van der Waals surface area (Å²) in [6.45, 7) is 7.50. The van der Waals surface area contributed by atoms with Crippen molar-refractivity contribution in [2.75, 3.05) is 52.5 Å². The molecule has 8 heteroatoms. The predicted molar refractivity (Wildman–Crippen MR) is 120 cm³/mol. The van der Waals surface area contributed by atoms with Crippen molar-refractivity contribution in [1.82, 2.24) is 19.7 Å². The molecule has 0 N–H and O–H groups in total. The third kappa shape index (κ3) is 4.87. The molecule has 164 valence electrons. The summed E-state index contributed by atoms with van der Waals surface area (Å²) in [5.74, 6) is -0.365. The molecular formula is C23H28N4O3S. The summed E-state index contributed by atoms with van der Waals surface area (Å²) in [4.78, 5) is 37.5. The maximum atomic E-state index is 13.5. The van der Waals surface area contributed by atoms with Gasteiger partial charge in [0.25, 0.3) is 11.8 Å². The van der Waals surface area contributed by atoms with Gasteiger partial charge in [-0.05, 0) is 42.5 Å². The van der Waals surface area contributed by atoms with Crippen LogP contribution in [0.2, 0.25) is 0 Å². The van der Waals surface area contributed by atoms with Gasteiger partial charge in [-0.1, -0.05) is 6.07 Å². The summed E-state index contributed by atoms with van der Waals surface area (Å²) >= 11 is 1.50. The van der Waals surface area contributed by atoms with E-state index in [1.165, 1.54) is 16.2 Å². The fraction of sp³-hybridized carbons (Fsp3) is 0.435. The van der Waals surface area contributed by atoms with Gasteiger partial charge in [-0.15, -0.1) is 11.3 Å². The average molecular weight is 441 g/mol. The number of morpholine rings is 1. The summed E-state index contributed by atoms with van der Waals surface area (Å²) in [6, 6.07) is 7.82. The van der Waals surface area contributed by atoms with Crippen molar-refractivity contribution in [1.29, 1.82) is 0 Å². The highest BCUT2D eigenvalue weighted by atomic mass is 32.1. The molecule has 0 atom stereocenters. The highest BCUT2D eigenvalue weighted by molar-refractivity contribution is 7.11. The molecule has 0 radical (unpaired) electrons. The lowest BCUT2D eigenvalue weighted by Gasteiger charge is -2.28. The van der Waals surface area contributed by atoms with E-state index in [1.54, 1.807) is 12.4 Å². The Morgan fingerprint density at radius 2 is 1.87 bits per heavy atom. The maximum absolute atomic E-state index is 13.5. The second-order valence-corrected chi connectivity index (χ2v) is 8.55. The Morgan fingerprint density at radius 1 is 1.10 bits per heavy atom. The summed E-state index contributed by atoms with van der Waals surface area (Å²) in [5.41, 5.74) is 2.23. The second-order valence-electron chi connectivity index (χ2n) is 7.60. The highest BCUT2D eigenvalue weighted by Gasteiger charge is 2.41. The number of imide groups is 1. The minimum absolute atomic E-state index is 0.182. The Bertz CT molecular complexity index is 924. The molecule has 0 aromatic carbocycles. The Hall–Kier alpha value is -2.55. The lowest BCUT2D eigenvalue weighted by atomic mass is 10.1. The molecule has 0 unspecified atom stereocenters. The fourth-order valence-corrected chi connectivity index (χ4v) is 4.77. The van der Waals surface area contributed by atoms with Crippen LogP contribution in [-0.4, -0.2) is 84.0 Å². The van der Waals surface area contributed by atoms with Crippen molar-refractivity contribution in [3.63, 3.8) is 0 Å². The van der Waals surface area contributed by atoms with Crippen LogP contribution in [0.15, 0.2) is 47.7 Å². The molecule has 7 nitrogen and oxygen atoms in total. The molecule has 2 aromatic rings. The Morgan fingerprint density at radius 3 is 2.55 bits per heavy atom. The second kappa shape index (κ2) is 10.2. The number of carbonyl (C=O) groups excluding carboxylic acids is 2. The summed E-state index contributed by atoms with van der Waals surface area (Å²) in [6.07, 6.45) is 4.34. The molecule has 0 aliphatic carbocycles. The first kappa shape index (κ1) is 21.7. The summed E-state index contributed by atoms with van der Waals surface area (Å²) < 4.78 is 5.40.